The number of rotatable bonds is 4. The number of ether oxygens (including phenoxy) is 2. The highest BCUT2D eigenvalue weighted by molar-refractivity contribution is 5.77. The van der Waals surface area contributed by atoms with Gasteiger partial charge in [0.05, 0.1) is 14.2 Å². The van der Waals surface area contributed by atoms with Gasteiger partial charge in [0.2, 0.25) is 5.91 Å². The van der Waals surface area contributed by atoms with Crippen molar-refractivity contribution in [3.8, 4) is 11.5 Å². The first-order valence-electron chi connectivity index (χ1n) is 8.65. The highest BCUT2D eigenvalue weighted by Gasteiger charge is 2.29. The summed E-state index contributed by atoms with van der Waals surface area (Å²) in [5, 5.41) is 0. The molecule has 1 saturated heterocycles. The van der Waals surface area contributed by atoms with E-state index in [1.165, 1.54) is 17.5 Å². The van der Waals surface area contributed by atoms with Crippen LogP contribution in [-0.2, 0) is 11.2 Å². The van der Waals surface area contributed by atoms with Crippen molar-refractivity contribution in [2.75, 3.05) is 27.3 Å². The summed E-state index contributed by atoms with van der Waals surface area (Å²) in [7, 11) is 3.33. The summed E-state index contributed by atoms with van der Waals surface area (Å²) >= 11 is 0. The van der Waals surface area contributed by atoms with Gasteiger partial charge in [-0.25, -0.2) is 0 Å². The maximum absolute atomic E-state index is 12.7. The molecule has 1 aromatic rings. The van der Waals surface area contributed by atoms with Gasteiger partial charge in [-0.15, -0.1) is 0 Å². The zero-order chi connectivity index (χ0) is 16.4. The SMILES string of the molecule is COc1cc2c(cc1OC)C(CC(=O)N1CCCC(C)C1)CC2. The normalized spacial score (nSPS) is 23.5. The van der Waals surface area contributed by atoms with E-state index in [1.807, 2.05) is 0 Å². The molecule has 3 rings (SSSR count). The zero-order valence-corrected chi connectivity index (χ0v) is 14.4. The molecule has 4 nitrogen and oxygen atoms in total. The maximum Gasteiger partial charge on any atom is 0.223 e. The van der Waals surface area contributed by atoms with Gasteiger partial charge >= 0.3 is 0 Å². The first-order chi connectivity index (χ1) is 11.1. The lowest BCUT2D eigenvalue weighted by atomic mass is 9.95. The number of fused-ring (bicyclic) bond motifs is 1. The summed E-state index contributed by atoms with van der Waals surface area (Å²) in [5.74, 6) is 2.80. The monoisotopic (exact) mass is 317 g/mol. The maximum atomic E-state index is 12.7. The summed E-state index contributed by atoms with van der Waals surface area (Å²) in [5.41, 5.74) is 2.56. The summed E-state index contributed by atoms with van der Waals surface area (Å²) in [6.45, 7) is 4.08. The molecule has 0 aromatic heterocycles. The van der Waals surface area contributed by atoms with Gasteiger partial charge in [0.15, 0.2) is 11.5 Å². The number of amides is 1. The van der Waals surface area contributed by atoms with E-state index >= 15 is 0 Å². The average molecular weight is 317 g/mol. The molecule has 1 heterocycles. The zero-order valence-electron chi connectivity index (χ0n) is 14.4. The second-order valence-electron chi connectivity index (χ2n) is 6.93. The van der Waals surface area contributed by atoms with Crippen LogP contribution in [0.5, 0.6) is 11.5 Å². The first kappa shape index (κ1) is 16.2. The van der Waals surface area contributed by atoms with Crippen LogP contribution < -0.4 is 9.47 Å². The fraction of sp³-hybridized carbons (Fsp3) is 0.632. The van der Waals surface area contributed by atoms with E-state index in [1.54, 1.807) is 14.2 Å². The highest BCUT2D eigenvalue weighted by Crippen LogP contribution is 2.42. The van der Waals surface area contributed by atoms with Crippen molar-refractivity contribution in [2.45, 2.75) is 44.9 Å². The van der Waals surface area contributed by atoms with Crippen LogP contribution in [0.1, 0.15) is 49.7 Å². The van der Waals surface area contributed by atoms with Crippen LogP contribution in [0, 0.1) is 5.92 Å². The number of nitrogens with zero attached hydrogens (tertiary/aromatic N) is 1. The van der Waals surface area contributed by atoms with Gasteiger partial charge in [-0.05, 0) is 60.8 Å². The Bertz CT molecular complexity index is 584. The third kappa shape index (κ3) is 3.31. The molecule has 0 N–H and O–H groups in total. The molecule has 1 aliphatic heterocycles. The lowest BCUT2D eigenvalue weighted by molar-refractivity contribution is -0.133. The molecule has 2 atom stereocenters. The van der Waals surface area contributed by atoms with Gasteiger partial charge in [0.25, 0.3) is 0 Å². The number of methoxy groups -OCH3 is 2. The quantitative estimate of drug-likeness (QED) is 0.854. The molecule has 1 fully saturated rings. The summed E-state index contributed by atoms with van der Waals surface area (Å²) in [6.07, 6.45) is 5.06. The van der Waals surface area contributed by atoms with Crippen molar-refractivity contribution in [3.63, 3.8) is 0 Å². The minimum atomic E-state index is 0.309. The van der Waals surface area contributed by atoms with Crippen molar-refractivity contribution < 1.29 is 14.3 Å². The number of hydrogen-bond acceptors (Lipinski definition) is 3. The molecule has 126 valence electrons. The Labute approximate surface area is 138 Å². The van der Waals surface area contributed by atoms with Gasteiger partial charge < -0.3 is 14.4 Å². The largest absolute Gasteiger partial charge is 0.493 e. The van der Waals surface area contributed by atoms with Crippen LogP contribution in [0.25, 0.3) is 0 Å². The second-order valence-corrected chi connectivity index (χ2v) is 6.93. The van der Waals surface area contributed by atoms with Crippen molar-refractivity contribution in [2.24, 2.45) is 5.92 Å². The van der Waals surface area contributed by atoms with E-state index < -0.39 is 0 Å². The summed E-state index contributed by atoms with van der Waals surface area (Å²) < 4.78 is 10.8. The van der Waals surface area contributed by atoms with Crippen LogP contribution in [-0.4, -0.2) is 38.1 Å². The number of aryl methyl sites for hydroxylation is 1. The van der Waals surface area contributed by atoms with E-state index in [0.29, 0.717) is 24.2 Å². The lowest BCUT2D eigenvalue weighted by Crippen LogP contribution is -2.39. The van der Waals surface area contributed by atoms with E-state index in [9.17, 15) is 4.79 Å². The molecule has 2 unspecified atom stereocenters. The molecule has 0 saturated carbocycles. The topological polar surface area (TPSA) is 38.8 Å². The number of likely N-dealkylation sites (tertiary alicyclic amines) is 1. The molecule has 0 spiro atoms. The van der Waals surface area contributed by atoms with E-state index in [0.717, 1.165) is 43.9 Å². The first-order valence-corrected chi connectivity index (χ1v) is 8.65. The minimum Gasteiger partial charge on any atom is -0.493 e. The van der Waals surface area contributed by atoms with E-state index in [2.05, 4.69) is 24.0 Å². The van der Waals surface area contributed by atoms with Gasteiger partial charge in [0, 0.05) is 19.5 Å². The summed E-state index contributed by atoms with van der Waals surface area (Å²) in [4.78, 5) is 14.7. The van der Waals surface area contributed by atoms with Gasteiger partial charge in [-0.2, -0.15) is 0 Å². The van der Waals surface area contributed by atoms with Crippen LogP contribution in [0.15, 0.2) is 12.1 Å². The van der Waals surface area contributed by atoms with Crippen molar-refractivity contribution in [1.82, 2.24) is 4.90 Å². The predicted octanol–water partition coefficient (Wildman–Crippen LogP) is 3.38. The number of benzene rings is 1. The number of piperidine rings is 1. The average Bonchev–Trinajstić information content (AvgIpc) is 2.95. The molecule has 1 amide bonds. The predicted molar refractivity (Wildman–Crippen MR) is 90.2 cm³/mol. The molecule has 23 heavy (non-hydrogen) atoms. The van der Waals surface area contributed by atoms with Crippen LogP contribution >= 0.6 is 0 Å². The lowest BCUT2D eigenvalue weighted by Gasteiger charge is -2.31. The fourth-order valence-electron chi connectivity index (χ4n) is 3.99. The van der Waals surface area contributed by atoms with Crippen LogP contribution in [0.3, 0.4) is 0 Å². The van der Waals surface area contributed by atoms with Crippen molar-refractivity contribution in [1.29, 1.82) is 0 Å². The molecule has 0 radical (unpaired) electrons. The highest BCUT2D eigenvalue weighted by atomic mass is 16.5. The Kier molecular flexibility index (Phi) is 4.79. The number of carbonyl (C=O) groups excluding carboxylic acids is 1. The molecular weight excluding hydrogens is 290 g/mol. The van der Waals surface area contributed by atoms with Crippen LogP contribution in [0.4, 0.5) is 0 Å². The standard InChI is InChI=1S/C19H27NO3/c1-13-5-4-8-20(12-13)19(21)10-15-7-6-14-9-17(22-2)18(23-3)11-16(14)15/h9,11,13,15H,4-8,10,12H2,1-3H3. The van der Waals surface area contributed by atoms with E-state index in [4.69, 9.17) is 9.47 Å². The van der Waals surface area contributed by atoms with Crippen molar-refractivity contribution in [3.05, 3.63) is 23.3 Å². The Hall–Kier alpha value is -1.71. The Balaban J connectivity index is 1.73. The molecule has 1 aromatic carbocycles. The Morgan fingerprint density at radius 3 is 2.65 bits per heavy atom. The van der Waals surface area contributed by atoms with Gasteiger partial charge in [0.1, 0.15) is 0 Å². The van der Waals surface area contributed by atoms with Crippen molar-refractivity contribution >= 4 is 5.91 Å². The molecular formula is C19H27NO3. The van der Waals surface area contributed by atoms with Gasteiger partial charge in [-0.3, -0.25) is 4.79 Å². The van der Waals surface area contributed by atoms with E-state index in [-0.39, 0.29) is 0 Å². The van der Waals surface area contributed by atoms with Gasteiger partial charge in [-0.1, -0.05) is 6.92 Å². The van der Waals surface area contributed by atoms with Crippen LogP contribution in [0.2, 0.25) is 0 Å². The third-order valence-corrected chi connectivity index (χ3v) is 5.28. The molecule has 0 bridgehead atoms. The number of hydrogen-bond donors (Lipinski definition) is 0. The Morgan fingerprint density at radius 2 is 1.96 bits per heavy atom. The summed E-state index contributed by atoms with van der Waals surface area (Å²) in [6, 6.07) is 4.14. The smallest absolute Gasteiger partial charge is 0.223 e. The molecule has 1 aliphatic carbocycles. The molecule has 2 aliphatic rings. The Morgan fingerprint density at radius 1 is 1.22 bits per heavy atom. The second kappa shape index (κ2) is 6.81. The fourth-order valence-corrected chi connectivity index (χ4v) is 3.99. The molecule has 4 heteroatoms. The minimum absolute atomic E-state index is 0.309. The third-order valence-electron chi connectivity index (χ3n) is 5.28. The number of carbonyl (C=O) groups is 1.